The Labute approximate surface area is 186 Å². The molecule has 0 aliphatic carbocycles. The maximum Gasteiger partial charge on any atom is 0.354 e. The van der Waals surface area contributed by atoms with Gasteiger partial charge in [-0.1, -0.05) is 62.7 Å². The van der Waals surface area contributed by atoms with Gasteiger partial charge >= 0.3 is 17.6 Å². The summed E-state index contributed by atoms with van der Waals surface area (Å²) in [4.78, 5) is 37.1. The van der Waals surface area contributed by atoms with Gasteiger partial charge in [-0.2, -0.15) is 0 Å². The summed E-state index contributed by atoms with van der Waals surface area (Å²) in [6.07, 6.45) is 2.72. The normalized spacial score (nSPS) is 10.9. The predicted octanol–water partition coefficient (Wildman–Crippen LogP) is 4.51. The molecule has 0 atom stereocenters. The maximum absolute atomic E-state index is 13.1. The second-order valence-corrected chi connectivity index (χ2v) is 7.78. The zero-order chi connectivity index (χ0) is 23.3. The highest BCUT2D eigenvalue weighted by Gasteiger charge is 2.24. The quantitative estimate of drug-likeness (QED) is 0.487. The molecule has 2 aromatic carbocycles. The van der Waals surface area contributed by atoms with E-state index in [1.54, 1.807) is 18.2 Å². The van der Waals surface area contributed by atoms with Crippen molar-refractivity contribution in [1.29, 1.82) is 0 Å². The minimum absolute atomic E-state index is 0.0321. The Morgan fingerprint density at radius 2 is 1.62 bits per heavy atom. The molecule has 0 saturated carbocycles. The zero-order valence-corrected chi connectivity index (χ0v) is 18.4. The van der Waals surface area contributed by atoms with Crippen LogP contribution in [0.25, 0.3) is 11.1 Å². The van der Waals surface area contributed by atoms with Crippen LogP contribution in [0.4, 0.5) is 0 Å². The van der Waals surface area contributed by atoms with E-state index in [0.717, 1.165) is 18.4 Å². The Kier molecular flexibility index (Phi) is 7.30. The summed E-state index contributed by atoms with van der Waals surface area (Å²) in [5, 5.41) is 19.6. The molecule has 0 aliphatic heterocycles. The molecular formula is C25H28N2O5. The van der Waals surface area contributed by atoms with E-state index in [4.69, 9.17) is 0 Å². The molecule has 0 fully saturated rings. The first-order chi connectivity index (χ1) is 15.4. The number of carboxylic acids is 2. The van der Waals surface area contributed by atoms with E-state index < -0.39 is 11.9 Å². The highest BCUT2D eigenvalue weighted by atomic mass is 16.4. The SMILES string of the molecule is CCCCc1c(C(=O)O)n(CCC)c(=O)n1Cc1ccc(-c2ccccc2)c(C(=O)O)c1. The first-order valence-electron chi connectivity index (χ1n) is 10.9. The van der Waals surface area contributed by atoms with Crippen LogP contribution in [0.5, 0.6) is 0 Å². The van der Waals surface area contributed by atoms with Gasteiger partial charge < -0.3 is 10.2 Å². The third-order valence-corrected chi connectivity index (χ3v) is 5.49. The predicted molar refractivity (Wildman–Crippen MR) is 122 cm³/mol. The van der Waals surface area contributed by atoms with Crippen molar-refractivity contribution in [3.63, 3.8) is 0 Å². The lowest BCUT2D eigenvalue weighted by atomic mass is 9.97. The topological polar surface area (TPSA) is 102 Å². The zero-order valence-electron chi connectivity index (χ0n) is 18.4. The van der Waals surface area contributed by atoms with Gasteiger partial charge in [0.25, 0.3) is 0 Å². The third kappa shape index (κ3) is 4.66. The molecule has 0 aliphatic rings. The second kappa shape index (κ2) is 10.1. The first-order valence-corrected chi connectivity index (χ1v) is 10.9. The minimum Gasteiger partial charge on any atom is -0.478 e. The lowest BCUT2D eigenvalue weighted by Crippen LogP contribution is -2.26. The van der Waals surface area contributed by atoms with Gasteiger partial charge in [0.15, 0.2) is 5.69 Å². The molecule has 0 saturated heterocycles. The number of hydrogen-bond donors (Lipinski definition) is 2. The van der Waals surface area contributed by atoms with Crippen LogP contribution in [0, 0.1) is 0 Å². The number of imidazole rings is 1. The summed E-state index contributed by atoms with van der Waals surface area (Å²) >= 11 is 0. The first kappa shape index (κ1) is 23.1. The van der Waals surface area contributed by atoms with E-state index >= 15 is 0 Å². The second-order valence-electron chi connectivity index (χ2n) is 7.78. The number of nitrogens with zero attached hydrogens (tertiary/aromatic N) is 2. The van der Waals surface area contributed by atoms with Crippen LogP contribution < -0.4 is 5.69 Å². The molecule has 32 heavy (non-hydrogen) atoms. The Hall–Kier alpha value is -3.61. The molecule has 2 N–H and O–H groups in total. The molecule has 7 nitrogen and oxygen atoms in total. The van der Waals surface area contributed by atoms with E-state index in [9.17, 15) is 24.6 Å². The number of rotatable bonds is 10. The maximum atomic E-state index is 13.1. The molecule has 1 aromatic heterocycles. The standard InChI is InChI=1S/C25H28N2O5/c1-3-5-11-21-22(24(30)31)26(14-4-2)25(32)27(21)16-17-12-13-19(20(15-17)23(28)29)18-9-7-6-8-10-18/h6-10,12-13,15H,3-5,11,14,16H2,1-2H3,(H,28,29)(H,30,31). The summed E-state index contributed by atoms with van der Waals surface area (Å²) < 4.78 is 2.81. The summed E-state index contributed by atoms with van der Waals surface area (Å²) in [6, 6.07) is 14.4. The molecule has 1 heterocycles. The van der Waals surface area contributed by atoms with Crippen LogP contribution in [0.3, 0.4) is 0 Å². The van der Waals surface area contributed by atoms with Gasteiger partial charge in [0.1, 0.15) is 0 Å². The summed E-state index contributed by atoms with van der Waals surface area (Å²) in [5.74, 6) is -2.18. The van der Waals surface area contributed by atoms with Crippen LogP contribution in [0.2, 0.25) is 0 Å². The minimum atomic E-state index is -1.12. The Morgan fingerprint density at radius 1 is 0.906 bits per heavy atom. The van der Waals surface area contributed by atoms with Gasteiger partial charge in [-0.05, 0) is 42.0 Å². The van der Waals surface area contributed by atoms with Crippen LogP contribution in [0.15, 0.2) is 53.3 Å². The Morgan fingerprint density at radius 3 is 2.22 bits per heavy atom. The molecule has 3 rings (SSSR count). The van der Waals surface area contributed by atoms with Gasteiger partial charge in [0.2, 0.25) is 0 Å². The average Bonchev–Trinajstić information content (AvgIpc) is 3.04. The number of aromatic nitrogens is 2. The fraction of sp³-hybridized carbons (Fsp3) is 0.320. The lowest BCUT2D eigenvalue weighted by Gasteiger charge is -2.12. The van der Waals surface area contributed by atoms with E-state index in [-0.39, 0.29) is 23.5 Å². The van der Waals surface area contributed by atoms with Crippen molar-refractivity contribution in [1.82, 2.24) is 9.13 Å². The van der Waals surface area contributed by atoms with Gasteiger partial charge in [-0.25, -0.2) is 14.4 Å². The van der Waals surface area contributed by atoms with Crippen molar-refractivity contribution in [3.8, 4) is 11.1 Å². The van der Waals surface area contributed by atoms with Crippen LogP contribution in [-0.4, -0.2) is 31.3 Å². The molecule has 0 bridgehead atoms. The van der Waals surface area contributed by atoms with Crippen molar-refractivity contribution in [3.05, 3.63) is 81.5 Å². The molecule has 7 heteroatoms. The molecular weight excluding hydrogens is 408 g/mol. The van der Waals surface area contributed by atoms with Crippen LogP contribution in [0.1, 0.15) is 65.2 Å². The number of carboxylic acid groups (broad SMARTS) is 2. The van der Waals surface area contributed by atoms with Crippen LogP contribution in [-0.2, 0) is 19.5 Å². The highest BCUT2D eigenvalue weighted by molar-refractivity contribution is 5.96. The fourth-order valence-corrected chi connectivity index (χ4v) is 3.99. The van der Waals surface area contributed by atoms with Gasteiger partial charge in [0.05, 0.1) is 17.8 Å². The van der Waals surface area contributed by atoms with Gasteiger partial charge in [-0.3, -0.25) is 9.13 Å². The van der Waals surface area contributed by atoms with Crippen LogP contribution >= 0.6 is 0 Å². The molecule has 0 radical (unpaired) electrons. The number of hydrogen-bond acceptors (Lipinski definition) is 3. The van der Waals surface area contributed by atoms with Crippen molar-refractivity contribution >= 4 is 11.9 Å². The van der Waals surface area contributed by atoms with E-state index in [1.165, 1.54) is 9.13 Å². The average molecular weight is 437 g/mol. The molecule has 168 valence electrons. The summed E-state index contributed by atoms with van der Waals surface area (Å²) in [6.45, 7) is 4.33. The molecule has 0 spiro atoms. The fourth-order valence-electron chi connectivity index (χ4n) is 3.99. The number of unbranched alkanes of at least 4 members (excludes halogenated alkanes) is 1. The largest absolute Gasteiger partial charge is 0.478 e. The Balaban J connectivity index is 2.11. The highest BCUT2D eigenvalue weighted by Crippen LogP contribution is 2.25. The van der Waals surface area contributed by atoms with Gasteiger partial charge in [-0.15, -0.1) is 0 Å². The van der Waals surface area contributed by atoms with Gasteiger partial charge in [0, 0.05) is 6.54 Å². The van der Waals surface area contributed by atoms with Crippen molar-refractivity contribution < 1.29 is 19.8 Å². The van der Waals surface area contributed by atoms with Crippen molar-refractivity contribution in [2.45, 2.75) is 52.6 Å². The number of aromatic carboxylic acids is 2. The number of benzene rings is 2. The monoisotopic (exact) mass is 436 g/mol. The van der Waals surface area contributed by atoms with Crippen molar-refractivity contribution in [2.24, 2.45) is 0 Å². The molecule has 0 amide bonds. The van der Waals surface area contributed by atoms with E-state index in [0.29, 0.717) is 36.2 Å². The van der Waals surface area contributed by atoms with E-state index in [1.807, 2.05) is 44.2 Å². The van der Waals surface area contributed by atoms with E-state index in [2.05, 4.69) is 0 Å². The Bertz CT molecular complexity index is 1180. The lowest BCUT2D eigenvalue weighted by molar-refractivity contribution is 0.0677. The molecule has 3 aromatic rings. The number of carbonyl (C=O) groups is 2. The third-order valence-electron chi connectivity index (χ3n) is 5.49. The summed E-state index contributed by atoms with van der Waals surface area (Å²) in [7, 11) is 0. The summed E-state index contributed by atoms with van der Waals surface area (Å²) in [5.41, 5.74) is 2.30. The molecule has 0 unspecified atom stereocenters. The van der Waals surface area contributed by atoms with Crippen molar-refractivity contribution in [2.75, 3.05) is 0 Å². The smallest absolute Gasteiger partial charge is 0.354 e.